The molecule has 0 radical (unpaired) electrons. The lowest BCUT2D eigenvalue weighted by atomic mass is 10.1. The fourth-order valence-corrected chi connectivity index (χ4v) is 1.78. The van der Waals surface area contributed by atoms with Gasteiger partial charge in [0.2, 0.25) is 0 Å². The van der Waals surface area contributed by atoms with Gasteiger partial charge in [0, 0.05) is 18.3 Å². The molecule has 0 bridgehead atoms. The van der Waals surface area contributed by atoms with Crippen LogP contribution in [-0.4, -0.2) is 18.8 Å². The summed E-state index contributed by atoms with van der Waals surface area (Å²) >= 11 is 0. The van der Waals surface area contributed by atoms with E-state index in [1.54, 1.807) is 12.1 Å². The smallest absolute Gasteiger partial charge is 0.165 e. The first-order chi connectivity index (χ1) is 9.20. The van der Waals surface area contributed by atoms with Gasteiger partial charge in [-0.15, -0.1) is 0 Å². The number of rotatable bonds is 5. The number of hydrogen-bond donors (Lipinski definition) is 2. The Bertz CT molecular complexity index is 531. The summed E-state index contributed by atoms with van der Waals surface area (Å²) in [6, 6.07) is 13.9. The Labute approximate surface area is 111 Å². The molecule has 100 valence electrons. The normalized spacial score (nSPS) is 11.9. The molecule has 0 aliphatic heterocycles. The van der Waals surface area contributed by atoms with Gasteiger partial charge in [-0.2, -0.15) is 0 Å². The van der Waals surface area contributed by atoms with E-state index in [4.69, 9.17) is 4.74 Å². The number of aliphatic hydroxyl groups is 1. The zero-order valence-electron chi connectivity index (χ0n) is 10.6. The highest BCUT2D eigenvalue weighted by Gasteiger charge is 2.08. The summed E-state index contributed by atoms with van der Waals surface area (Å²) in [6.45, 7) is 0.346. The van der Waals surface area contributed by atoms with Crippen LogP contribution in [-0.2, 0) is 0 Å². The van der Waals surface area contributed by atoms with Gasteiger partial charge in [-0.05, 0) is 17.7 Å². The van der Waals surface area contributed by atoms with E-state index in [9.17, 15) is 9.50 Å². The summed E-state index contributed by atoms with van der Waals surface area (Å²) < 4.78 is 18.1. The predicted octanol–water partition coefficient (Wildman–Crippen LogP) is 2.98. The van der Waals surface area contributed by atoms with Crippen molar-refractivity contribution in [2.24, 2.45) is 0 Å². The minimum Gasteiger partial charge on any atom is -0.494 e. The standard InChI is InChI=1S/C15H16FNO2/c1-19-15-9-12(7-8-13(15)16)17-10-14(18)11-5-3-2-4-6-11/h2-9,14,17-18H,10H2,1H3. The van der Waals surface area contributed by atoms with Gasteiger partial charge < -0.3 is 15.2 Å². The first-order valence-electron chi connectivity index (χ1n) is 6.01. The van der Waals surface area contributed by atoms with Crippen LogP contribution in [0.3, 0.4) is 0 Å². The van der Waals surface area contributed by atoms with Gasteiger partial charge in [-0.3, -0.25) is 0 Å². The van der Waals surface area contributed by atoms with Gasteiger partial charge >= 0.3 is 0 Å². The van der Waals surface area contributed by atoms with Crippen LogP contribution >= 0.6 is 0 Å². The highest BCUT2D eigenvalue weighted by atomic mass is 19.1. The maximum absolute atomic E-state index is 13.2. The molecule has 2 aromatic rings. The van der Waals surface area contributed by atoms with E-state index in [-0.39, 0.29) is 5.75 Å². The number of methoxy groups -OCH3 is 1. The minimum atomic E-state index is -0.614. The van der Waals surface area contributed by atoms with Crippen LogP contribution in [0.5, 0.6) is 5.75 Å². The zero-order valence-corrected chi connectivity index (χ0v) is 10.6. The molecule has 2 N–H and O–H groups in total. The number of anilines is 1. The van der Waals surface area contributed by atoms with Crippen LogP contribution in [0.4, 0.5) is 10.1 Å². The molecule has 0 aliphatic rings. The molecule has 3 nitrogen and oxygen atoms in total. The van der Waals surface area contributed by atoms with Crippen molar-refractivity contribution in [2.75, 3.05) is 19.0 Å². The van der Waals surface area contributed by atoms with E-state index in [1.807, 2.05) is 30.3 Å². The third-order valence-corrected chi connectivity index (χ3v) is 2.83. The van der Waals surface area contributed by atoms with Crippen LogP contribution in [0.15, 0.2) is 48.5 Å². The molecule has 19 heavy (non-hydrogen) atoms. The summed E-state index contributed by atoms with van der Waals surface area (Å²) in [4.78, 5) is 0. The molecule has 0 heterocycles. The fraction of sp³-hybridized carbons (Fsp3) is 0.200. The van der Waals surface area contributed by atoms with Crippen molar-refractivity contribution in [3.63, 3.8) is 0 Å². The van der Waals surface area contributed by atoms with Crippen molar-refractivity contribution in [1.82, 2.24) is 0 Å². The van der Waals surface area contributed by atoms with E-state index in [2.05, 4.69) is 5.32 Å². The van der Waals surface area contributed by atoms with E-state index < -0.39 is 11.9 Å². The Hall–Kier alpha value is -2.07. The third-order valence-electron chi connectivity index (χ3n) is 2.83. The van der Waals surface area contributed by atoms with Gasteiger partial charge in [0.15, 0.2) is 11.6 Å². The van der Waals surface area contributed by atoms with Crippen molar-refractivity contribution in [1.29, 1.82) is 0 Å². The number of halogens is 1. The Morgan fingerprint density at radius 2 is 1.95 bits per heavy atom. The quantitative estimate of drug-likeness (QED) is 0.869. The highest BCUT2D eigenvalue weighted by Crippen LogP contribution is 2.22. The molecule has 0 saturated carbocycles. The molecule has 2 rings (SSSR count). The number of benzene rings is 2. The molecule has 0 spiro atoms. The molecule has 1 atom stereocenters. The number of aliphatic hydroxyl groups excluding tert-OH is 1. The van der Waals surface area contributed by atoms with Gasteiger partial charge in [0.25, 0.3) is 0 Å². The Morgan fingerprint density at radius 1 is 1.21 bits per heavy atom. The Kier molecular flexibility index (Phi) is 4.36. The maximum atomic E-state index is 13.2. The topological polar surface area (TPSA) is 41.5 Å². The molecule has 0 aromatic heterocycles. The van der Waals surface area contributed by atoms with Crippen LogP contribution < -0.4 is 10.1 Å². The first kappa shape index (κ1) is 13.4. The highest BCUT2D eigenvalue weighted by molar-refractivity contribution is 5.49. The Morgan fingerprint density at radius 3 is 2.63 bits per heavy atom. The van der Waals surface area contributed by atoms with Gasteiger partial charge in [0.05, 0.1) is 13.2 Å². The lowest BCUT2D eigenvalue weighted by molar-refractivity contribution is 0.191. The van der Waals surface area contributed by atoms with Crippen molar-refractivity contribution in [3.8, 4) is 5.75 Å². The van der Waals surface area contributed by atoms with E-state index in [1.165, 1.54) is 13.2 Å². The molecule has 0 aliphatic carbocycles. The van der Waals surface area contributed by atoms with Crippen molar-refractivity contribution in [3.05, 3.63) is 59.9 Å². The van der Waals surface area contributed by atoms with Crippen LogP contribution in [0, 0.1) is 5.82 Å². The molecule has 1 unspecified atom stereocenters. The van der Waals surface area contributed by atoms with E-state index >= 15 is 0 Å². The molecule has 0 saturated heterocycles. The summed E-state index contributed by atoms with van der Waals surface area (Å²) in [5.74, 6) is -0.226. The Balaban J connectivity index is 1.99. The third kappa shape index (κ3) is 3.45. The molecule has 2 aromatic carbocycles. The van der Waals surface area contributed by atoms with Crippen molar-refractivity contribution in [2.45, 2.75) is 6.10 Å². The van der Waals surface area contributed by atoms with Gasteiger partial charge in [0.1, 0.15) is 0 Å². The summed E-state index contributed by atoms with van der Waals surface area (Å²) in [7, 11) is 1.42. The van der Waals surface area contributed by atoms with Crippen LogP contribution in [0.1, 0.15) is 11.7 Å². The second-order valence-corrected chi connectivity index (χ2v) is 4.16. The lowest BCUT2D eigenvalue weighted by Crippen LogP contribution is -2.12. The average Bonchev–Trinajstić information content (AvgIpc) is 2.47. The number of hydrogen-bond acceptors (Lipinski definition) is 3. The maximum Gasteiger partial charge on any atom is 0.165 e. The summed E-state index contributed by atoms with van der Waals surface area (Å²) in [6.07, 6.45) is -0.614. The fourth-order valence-electron chi connectivity index (χ4n) is 1.78. The largest absolute Gasteiger partial charge is 0.494 e. The van der Waals surface area contributed by atoms with Crippen LogP contribution in [0.2, 0.25) is 0 Å². The zero-order chi connectivity index (χ0) is 13.7. The number of nitrogens with one attached hydrogen (secondary N) is 1. The average molecular weight is 261 g/mol. The lowest BCUT2D eigenvalue weighted by Gasteiger charge is -2.13. The molecular formula is C15H16FNO2. The minimum absolute atomic E-state index is 0.180. The van der Waals surface area contributed by atoms with Gasteiger partial charge in [-0.25, -0.2) is 4.39 Å². The number of ether oxygens (including phenoxy) is 1. The summed E-state index contributed by atoms with van der Waals surface area (Å²) in [5.41, 5.74) is 1.54. The molecule has 0 amide bonds. The van der Waals surface area contributed by atoms with Crippen molar-refractivity contribution < 1.29 is 14.2 Å². The molecule has 4 heteroatoms. The van der Waals surface area contributed by atoms with E-state index in [0.29, 0.717) is 12.2 Å². The second-order valence-electron chi connectivity index (χ2n) is 4.16. The summed E-state index contributed by atoms with van der Waals surface area (Å²) in [5, 5.41) is 13.0. The van der Waals surface area contributed by atoms with Crippen LogP contribution in [0.25, 0.3) is 0 Å². The van der Waals surface area contributed by atoms with E-state index in [0.717, 1.165) is 5.56 Å². The molecular weight excluding hydrogens is 245 g/mol. The SMILES string of the molecule is COc1cc(NCC(O)c2ccccc2)ccc1F. The second kappa shape index (κ2) is 6.20. The first-order valence-corrected chi connectivity index (χ1v) is 6.01. The predicted molar refractivity (Wildman–Crippen MR) is 72.8 cm³/mol. The molecule has 0 fully saturated rings. The van der Waals surface area contributed by atoms with Gasteiger partial charge in [-0.1, -0.05) is 30.3 Å². The van der Waals surface area contributed by atoms with Crippen molar-refractivity contribution >= 4 is 5.69 Å². The monoisotopic (exact) mass is 261 g/mol.